The van der Waals surface area contributed by atoms with E-state index in [1.54, 1.807) is 11.1 Å². The maximum atomic E-state index is 12.6. The predicted molar refractivity (Wildman–Crippen MR) is 116 cm³/mol. The Bertz CT molecular complexity index is 1190. The molecule has 0 atom stereocenters. The molecule has 0 radical (unpaired) electrons. The lowest BCUT2D eigenvalue weighted by molar-refractivity contribution is 0.0704. The number of carbonyl (C=O) groups excluding carboxylic acids is 1. The number of fused-ring (bicyclic) bond motifs is 1. The molecule has 0 bridgehead atoms. The van der Waals surface area contributed by atoms with Gasteiger partial charge < -0.3 is 14.8 Å². The van der Waals surface area contributed by atoms with Crippen LogP contribution in [0, 0.1) is 0 Å². The van der Waals surface area contributed by atoms with Gasteiger partial charge in [-0.3, -0.25) is 14.4 Å². The zero-order valence-corrected chi connectivity index (χ0v) is 17.6. The molecule has 1 fully saturated rings. The summed E-state index contributed by atoms with van der Waals surface area (Å²) in [6.45, 7) is 6.73. The molecule has 162 valence electrons. The number of likely N-dealkylation sites (tertiary alicyclic amines) is 1. The summed E-state index contributed by atoms with van der Waals surface area (Å²) >= 11 is 0. The van der Waals surface area contributed by atoms with Gasteiger partial charge in [-0.1, -0.05) is 0 Å². The van der Waals surface area contributed by atoms with E-state index in [-0.39, 0.29) is 28.6 Å². The number of nitrogens with one attached hydrogen (secondary N) is 2. The monoisotopic (exact) mass is 423 g/mol. The SMILES string of the molecule is CCN(CC)c1ncc2c(=O)[nH]c(C3CCN(C(=O)c4ccc(=O)[nH]n4)CC3)cc2n1. The van der Waals surface area contributed by atoms with E-state index in [0.29, 0.717) is 42.8 Å². The van der Waals surface area contributed by atoms with E-state index < -0.39 is 0 Å². The summed E-state index contributed by atoms with van der Waals surface area (Å²) in [5.74, 6) is 0.526. The van der Waals surface area contributed by atoms with Crippen LogP contribution in [-0.4, -0.2) is 62.1 Å². The summed E-state index contributed by atoms with van der Waals surface area (Å²) in [5, 5.41) is 6.58. The van der Waals surface area contributed by atoms with Crippen molar-refractivity contribution >= 4 is 22.8 Å². The fourth-order valence-electron chi connectivity index (χ4n) is 3.95. The molecular weight excluding hydrogens is 398 g/mol. The van der Waals surface area contributed by atoms with E-state index in [0.717, 1.165) is 18.8 Å². The third-order valence-electron chi connectivity index (χ3n) is 5.77. The molecule has 0 spiro atoms. The van der Waals surface area contributed by atoms with Crippen LogP contribution in [0.4, 0.5) is 5.95 Å². The lowest BCUT2D eigenvalue weighted by Crippen LogP contribution is -2.39. The fraction of sp³-hybridized carbons (Fsp3) is 0.429. The van der Waals surface area contributed by atoms with Crippen LogP contribution in [0.15, 0.2) is 34.0 Å². The van der Waals surface area contributed by atoms with Crippen molar-refractivity contribution in [1.29, 1.82) is 0 Å². The molecule has 0 aliphatic carbocycles. The Kier molecular flexibility index (Phi) is 5.79. The van der Waals surface area contributed by atoms with Crippen LogP contribution < -0.4 is 16.0 Å². The first-order valence-electron chi connectivity index (χ1n) is 10.5. The Morgan fingerprint density at radius 1 is 1.19 bits per heavy atom. The Morgan fingerprint density at radius 3 is 2.58 bits per heavy atom. The predicted octanol–water partition coefficient (Wildman–Crippen LogP) is 1.27. The summed E-state index contributed by atoms with van der Waals surface area (Å²) in [6.07, 6.45) is 3.01. The molecule has 4 heterocycles. The molecule has 1 aliphatic rings. The normalized spacial score (nSPS) is 14.7. The van der Waals surface area contributed by atoms with Crippen molar-refractivity contribution in [1.82, 2.24) is 30.0 Å². The van der Waals surface area contributed by atoms with Gasteiger partial charge in [0.05, 0.1) is 10.9 Å². The second kappa shape index (κ2) is 8.66. The number of hydrogen-bond donors (Lipinski definition) is 2. The lowest BCUT2D eigenvalue weighted by atomic mass is 9.92. The van der Waals surface area contributed by atoms with E-state index in [4.69, 9.17) is 0 Å². The maximum absolute atomic E-state index is 12.6. The number of pyridine rings is 1. The van der Waals surface area contributed by atoms with Gasteiger partial charge in [-0.25, -0.2) is 15.1 Å². The van der Waals surface area contributed by atoms with E-state index in [9.17, 15) is 14.4 Å². The number of amides is 1. The molecule has 1 aliphatic heterocycles. The fourth-order valence-corrected chi connectivity index (χ4v) is 3.95. The molecule has 1 saturated heterocycles. The van der Waals surface area contributed by atoms with Crippen molar-refractivity contribution in [2.75, 3.05) is 31.1 Å². The zero-order chi connectivity index (χ0) is 22.0. The number of nitrogens with zero attached hydrogens (tertiary/aromatic N) is 5. The molecule has 0 unspecified atom stereocenters. The van der Waals surface area contributed by atoms with Crippen LogP contribution in [0.2, 0.25) is 0 Å². The quantitative estimate of drug-likeness (QED) is 0.632. The summed E-state index contributed by atoms with van der Waals surface area (Å²) in [5.41, 5.74) is 1.14. The van der Waals surface area contributed by atoms with Crippen LogP contribution in [0.25, 0.3) is 10.9 Å². The third-order valence-corrected chi connectivity index (χ3v) is 5.77. The molecule has 1 amide bonds. The molecule has 2 N–H and O–H groups in total. The molecular formula is C21H25N7O3. The van der Waals surface area contributed by atoms with Crippen molar-refractivity contribution < 1.29 is 4.79 Å². The van der Waals surface area contributed by atoms with Gasteiger partial charge in [0.25, 0.3) is 17.0 Å². The molecule has 3 aromatic rings. The van der Waals surface area contributed by atoms with Crippen molar-refractivity contribution in [3.63, 3.8) is 0 Å². The number of aromatic amines is 2. The number of anilines is 1. The Balaban J connectivity index is 1.53. The first-order chi connectivity index (χ1) is 15.0. The van der Waals surface area contributed by atoms with E-state index >= 15 is 0 Å². The lowest BCUT2D eigenvalue weighted by Gasteiger charge is -2.31. The average molecular weight is 423 g/mol. The summed E-state index contributed by atoms with van der Waals surface area (Å²) in [4.78, 5) is 52.0. The summed E-state index contributed by atoms with van der Waals surface area (Å²) in [6, 6.07) is 4.65. The average Bonchev–Trinajstić information content (AvgIpc) is 2.80. The highest BCUT2D eigenvalue weighted by Crippen LogP contribution is 2.28. The van der Waals surface area contributed by atoms with Gasteiger partial charge in [0.2, 0.25) is 5.95 Å². The highest BCUT2D eigenvalue weighted by Gasteiger charge is 2.26. The minimum Gasteiger partial charge on any atom is -0.341 e. The van der Waals surface area contributed by atoms with E-state index in [1.165, 1.54) is 12.1 Å². The molecule has 0 saturated carbocycles. The molecule has 0 aromatic carbocycles. The van der Waals surface area contributed by atoms with E-state index in [1.807, 2.05) is 24.8 Å². The van der Waals surface area contributed by atoms with Gasteiger partial charge in [0.15, 0.2) is 0 Å². The van der Waals surface area contributed by atoms with Crippen LogP contribution in [-0.2, 0) is 0 Å². The number of H-pyrrole nitrogens is 2. The number of rotatable bonds is 5. The smallest absolute Gasteiger partial charge is 0.274 e. The van der Waals surface area contributed by atoms with Crippen LogP contribution >= 0.6 is 0 Å². The van der Waals surface area contributed by atoms with Gasteiger partial charge >= 0.3 is 0 Å². The Hall–Kier alpha value is -3.56. The third kappa shape index (κ3) is 4.18. The van der Waals surface area contributed by atoms with Crippen LogP contribution in [0.5, 0.6) is 0 Å². The van der Waals surface area contributed by atoms with Crippen LogP contribution in [0.3, 0.4) is 0 Å². The summed E-state index contributed by atoms with van der Waals surface area (Å²) < 4.78 is 0. The van der Waals surface area contributed by atoms with Crippen molar-refractivity contribution in [3.05, 3.63) is 56.5 Å². The molecule has 4 rings (SSSR count). The van der Waals surface area contributed by atoms with Gasteiger partial charge in [-0.15, -0.1) is 0 Å². The second-order valence-corrected chi connectivity index (χ2v) is 7.57. The molecule has 10 heteroatoms. The highest BCUT2D eigenvalue weighted by atomic mass is 16.2. The molecule has 31 heavy (non-hydrogen) atoms. The standard InChI is InChI=1S/C21H25N7O3/c1-3-27(4-2)21-22-12-14-17(24-21)11-16(23-19(14)30)13-7-9-28(10-8-13)20(31)15-5-6-18(29)26-25-15/h5-6,11-13H,3-4,7-10H2,1-2H3,(H,23,30)(H,26,29). The zero-order valence-electron chi connectivity index (χ0n) is 17.6. The van der Waals surface area contributed by atoms with Gasteiger partial charge in [0.1, 0.15) is 5.69 Å². The van der Waals surface area contributed by atoms with Gasteiger partial charge in [0, 0.05) is 50.1 Å². The minimum atomic E-state index is -0.344. The molecule has 10 nitrogen and oxygen atoms in total. The number of piperidine rings is 1. The van der Waals surface area contributed by atoms with E-state index in [2.05, 4.69) is 25.1 Å². The number of carbonyl (C=O) groups is 1. The first-order valence-corrected chi connectivity index (χ1v) is 10.5. The van der Waals surface area contributed by atoms with Gasteiger partial charge in [-0.2, -0.15) is 5.10 Å². The van der Waals surface area contributed by atoms with Crippen LogP contribution in [0.1, 0.15) is 48.8 Å². The first kappa shape index (κ1) is 20.7. The number of hydrogen-bond acceptors (Lipinski definition) is 7. The summed E-state index contributed by atoms with van der Waals surface area (Å²) in [7, 11) is 0. The van der Waals surface area contributed by atoms with Crippen molar-refractivity contribution in [3.8, 4) is 0 Å². The highest BCUT2D eigenvalue weighted by molar-refractivity contribution is 5.92. The molecule has 3 aromatic heterocycles. The Morgan fingerprint density at radius 2 is 1.94 bits per heavy atom. The second-order valence-electron chi connectivity index (χ2n) is 7.57. The minimum absolute atomic E-state index is 0.122. The van der Waals surface area contributed by atoms with Crippen molar-refractivity contribution in [2.45, 2.75) is 32.6 Å². The van der Waals surface area contributed by atoms with Gasteiger partial charge in [-0.05, 0) is 38.8 Å². The topological polar surface area (TPSA) is 128 Å². The maximum Gasteiger partial charge on any atom is 0.274 e. The van der Waals surface area contributed by atoms with Crippen molar-refractivity contribution in [2.24, 2.45) is 0 Å². The Labute approximate surface area is 178 Å². The number of aromatic nitrogens is 5. The largest absolute Gasteiger partial charge is 0.341 e.